The summed E-state index contributed by atoms with van der Waals surface area (Å²) in [5.74, 6) is -3.00. The number of hydrogen-bond acceptors (Lipinski definition) is 10. The standard InChI is InChI=1S/C45H56F3N7O9/c1-29(28-63-43(59)49-16-20-62-21-17-54-38(56)12-13-39(54)57)50-42(58)55(25-32-24-53(26-36(32)48)44(60)64-45(2,3)4)40(31-14-18-61-19-15-31)41-51-37(34-22-33(46)10-11-35(34)47)27-52(41)23-30-8-6-5-7-9-30/h5-13,22,27,29,31-32,36,40H,14-21,23-26,28H2,1-4H3,(H,49,59)(H,50,58)/t29-,32?,36?,40+/m0/s1. The van der Waals surface area contributed by atoms with E-state index in [4.69, 9.17) is 23.9 Å². The normalized spacial score (nSPS) is 18.9. The molecule has 1 aromatic heterocycles. The molecule has 6 rings (SSSR count). The topological polar surface area (TPSA) is 174 Å². The summed E-state index contributed by atoms with van der Waals surface area (Å²) in [6.07, 6.45) is 1.94. The lowest BCUT2D eigenvalue weighted by atomic mass is 9.89. The number of aromatic nitrogens is 2. The number of hydrogen-bond donors (Lipinski definition) is 2. The summed E-state index contributed by atoms with van der Waals surface area (Å²) in [6.45, 7) is 7.28. The summed E-state index contributed by atoms with van der Waals surface area (Å²) < 4.78 is 70.1. The molecule has 2 saturated heterocycles. The molecular weight excluding hydrogens is 840 g/mol. The fraction of sp³-hybridized carbons (Fsp3) is 0.511. The minimum Gasteiger partial charge on any atom is -0.447 e. The van der Waals surface area contributed by atoms with E-state index in [9.17, 15) is 28.4 Å². The first kappa shape index (κ1) is 47.5. The molecule has 0 bridgehead atoms. The lowest BCUT2D eigenvalue weighted by molar-refractivity contribution is -0.137. The molecule has 4 heterocycles. The molecule has 346 valence electrons. The monoisotopic (exact) mass is 895 g/mol. The molecule has 3 aliphatic heterocycles. The molecule has 3 aromatic rings. The van der Waals surface area contributed by atoms with Gasteiger partial charge in [-0.05, 0) is 70.2 Å². The second-order valence-corrected chi connectivity index (χ2v) is 17.1. The van der Waals surface area contributed by atoms with Gasteiger partial charge < -0.3 is 43.9 Å². The number of carbonyl (C=O) groups excluding carboxylic acids is 5. The van der Waals surface area contributed by atoms with Crippen LogP contribution in [0, 0.1) is 23.5 Å². The number of nitrogens with zero attached hydrogens (tertiary/aromatic N) is 5. The van der Waals surface area contributed by atoms with Crippen molar-refractivity contribution in [3.63, 3.8) is 0 Å². The number of halogens is 3. The van der Waals surface area contributed by atoms with Gasteiger partial charge in [-0.3, -0.25) is 14.5 Å². The van der Waals surface area contributed by atoms with Crippen LogP contribution in [0.25, 0.3) is 11.3 Å². The summed E-state index contributed by atoms with van der Waals surface area (Å²) in [5, 5.41) is 5.45. The Morgan fingerprint density at radius 1 is 1.00 bits per heavy atom. The molecule has 2 unspecified atom stereocenters. The van der Waals surface area contributed by atoms with E-state index in [0.717, 1.165) is 28.7 Å². The Morgan fingerprint density at radius 3 is 2.42 bits per heavy atom. The number of alkyl halides is 1. The zero-order valence-corrected chi connectivity index (χ0v) is 36.5. The molecular formula is C45H56F3N7O9. The molecule has 2 aromatic carbocycles. The molecule has 19 heteroatoms. The van der Waals surface area contributed by atoms with E-state index in [2.05, 4.69) is 10.6 Å². The Bertz CT molecular complexity index is 2130. The Hall–Kier alpha value is -5.95. The summed E-state index contributed by atoms with van der Waals surface area (Å²) in [4.78, 5) is 72.7. The Kier molecular flexibility index (Phi) is 16.1. The van der Waals surface area contributed by atoms with Gasteiger partial charge in [0.25, 0.3) is 11.8 Å². The lowest BCUT2D eigenvalue weighted by Gasteiger charge is -2.40. The van der Waals surface area contributed by atoms with E-state index in [1.165, 1.54) is 22.0 Å². The molecule has 0 spiro atoms. The van der Waals surface area contributed by atoms with Gasteiger partial charge >= 0.3 is 18.2 Å². The summed E-state index contributed by atoms with van der Waals surface area (Å²) in [6, 6.07) is 10.2. The maximum atomic E-state index is 16.2. The molecule has 2 fully saturated rings. The summed E-state index contributed by atoms with van der Waals surface area (Å²) in [5.41, 5.74) is 0.0957. The van der Waals surface area contributed by atoms with Crippen LogP contribution >= 0.6 is 0 Å². The average Bonchev–Trinajstić information content (AvgIpc) is 3.94. The third kappa shape index (κ3) is 12.8. The van der Waals surface area contributed by atoms with Crippen molar-refractivity contribution in [2.24, 2.45) is 11.8 Å². The highest BCUT2D eigenvalue weighted by Crippen LogP contribution is 2.39. The van der Waals surface area contributed by atoms with Crippen molar-refractivity contribution in [1.29, 1.82) is 0 Å². The summed E-state index contributed by atoms with van der Waals surface area (Å²) in [7, 11) is 0. The van der Waals surface area contributed by atoms with Crippen LogP contribution in [0.2, 0.25) is 0 Å². The maximum absolute atomic E-state index is 16.2. The molecule has 3 aliphatic rings. The van der Waals surface area contributed by atoms with Gasteiger partial charge in [-0.25, -0.2) is 32.5 Å². The van der Waals surface area contributed by atoms with Gasteiger partial charge in [-0.2, -0.15) is 0 Å². The fourth-order valence-electron chi connectivity index (χ4n) is 7.81. The molecule has 0 aliphatic carbocycles. The van der Waals surface area contributed by atoms with Gasteiger partial charge in [0.05, 0.1) is 44.1 Å². The van der Waals surface area contributed by atoms with E-state index >= 15 is 8.78 Å². The van der Waals surface area contributed by atoms with E-state index in [1.807, 2.05) is 30.3 Å². The minimum absolute atomic E-state index is 0.0488. The number of likely N-dealkylation sites (tertiary alicyclic amines) is 1. The Labute approximate surface area is 370 Å². The van der Waals surface area contributed by atoms with Gasteiger partial charge in [0, 0.05) is 69.2 Å². The lowest BCUT2D eigenvalue weighted by Crippen LogP contribution is -2.52. The van der Waals surface area contributed by atoms with Gasteiger partial charge in [-0.1, -0.05) is 30.3 Å². The largest absolute Gasteiger partial charge is 0.447 e. The van der Waals surface area contributed by atoms with Crippen molar-refractivity contribution in [2.45, 2.75) is 70.9 Å². The molecule has 0 saturated carbocycles. The number of ether oxygens (including phenoxy) is 4. The Balaban J connectivity index is 1.24. The maximum Gasteiger partial charge on any atom is 0.410 e. The highest BCUT2D eigenvalue weighted by Gasteiger charge is 2.43. The highest BCUT2D eigenvalue weighted by atomic mass is 19.1. The van der Waals surface area contributed by atoms with Crippen molar-refractivity contribution in [1.82, 2.24) is 34.9 Å². The second-order valence-electron chi connectivity index (χ2n) is 17.1. The number of carbonyl (C=O) groups is 5. The number of benzene rings is 2. The van der Waals surface area contributed by atoms with Crippen molar-refractivity contribution in [3.8, 4) is 11.3 Å². The minimum atomic E-state index is -1.53. The average molecular weight is 896 g/mol. The van der Waals surface area contributed by atoms with Crippen LogP contribution in [0.15, 0.2) is 66.9 Å². The number of amides is 6. The fourth-order valence-corrected chi connectivity index (χ4v) is 7.81. The number of alkyl carbamates (subject to hydrolysis) is 1. The number of imidazole rings is 1. The van der Waals surface area contributed by atoms with Gasteiger partial charge in [0.15, 0.2) is 0 Å². The predicted octanol–water partition coefficient (Wildman–Crippen LogP) is 5.62. The smallest absolute Gasteiger partial charge is 0.410 e. The van der Waals surface area contributed by atoms with E-state index in [1.54, 1.807) is 38.5 Å². The van der Waals surface area contributed by atoms with Crippen LogP contribution in [-0.2, 0) is 35.1 Å². The second kappa shape index (κ2) is 21.6. The van der Waals surface area contributed by atoms with Crippen molar-refractivity contribution >= 4 is 30.0 Å². The first-order valence-corrected chi connectivity index (χ1v) is 21.4. The molecule has 16 nitrogen and oxygen atoms in total. The van der Waals surface area contributed by atoms with Gasteiger partial charge in [0.2, 0.25) is 0 Å². The van der Waals surface area contributed by atoms with Crippen LogP contribution < -0.4 is 10.6 Å². The third-order valence-corrected chi connectivity index (χ3v) is 10.9. The van der Waals surface area contributed by atoms with E-state index in [-0.39, 0.29) is 76.3 Å². The predicted molar refractivity (Wildman–Crippen MR) is 226 cm³/mol. The Morgan fingerprint density at radius 2 is 1.72 bits per heavy atom. The van der Waals surface area contributed by atoms with Crippen molar-refractivity contribution in [2.75, 3.05) is 65.8 Å². The van der Waals surface area contributed by atoms with Crippen molar-refractivity contribution < 1.29 is 56.1 Å². The van der Waals surface area contributed by atoms with Crippen LogP contribution in [-0.4, -0.2) is 138 Å². The number of rotatable bonds is 17. The first-order chi connectivity index (χ1) is 30.6. The third-order valence-electron chi connectivity index (χ3n) is 10.9. The zero-order valence-electron chi connectivity index (χ0n) is 36.5. The molecule has 6 amide bonds. The first-order valence-electron chi connectivity index (χ1n) is 21.4. The quantitative estimate of drug-likeness (QED) is 0.128. The molecule has 2 N–H and O–H groups in total. The van der Waals surface area contributed by atoms with Crippen LogP contribution in [0.3, 0.4) is 0 Å². The van der Waals surface area contributed by atoms with E-state index < -0.39 is 71.4 Å². The number of imide groups is 1. The molecule has 64 heavy (non-hydrogen) atoms. The molecule has 0 radical (unpaired) electrons. The van der Waals surface area contributed by atoms with Crippen molar-refractivity contribution in [3.05, 3.63) is 89.9 Å². The SMILES string of the molecule is C[C@@H](COC(=O)NCCOCCN1C(=O)C=CC1=O)NC(=O)N(CC1CN(C(=O)OC(C)(C)C)CC1F)[C@@H](c1nc(-c2cc(F)ccc2F)cn1Cc1ccccc1)C1CCOCC1. The zero-order chi connectivity index (χ0) is 46.0. The number of nitrogens with one attached hydrogen (secondary N) is 2. The van der Waals surface area contributed by atoms with E-state index in [0.29, 0.717) is 31.9 Å². The number of urea groups is 1. The van der Waals surface area contributed by atoms with Gasteiger partial charge in [-0.15, -0.1) is 0 Å². The molecule has 4 atom stereocenters. The van der Waals surface area contributed by atoms with Crippen LogP contribution in [0.5, 0.6) is 0 Å². The van der Waals surface area contributed by atoms with Crippen LogP contribution in [0.1, 0.15) is 58.0 Å². The van der Waals surface area contributed by atoms with Gasteiger partial charge in [0.1, 0.15) is 35.8 Å². The van der Waals surface area contributed by atoms with Crippen LogP contribution in [0.4, 0.5) is 27.6 Å². The summed E-state index contributed by atoms with van der Waals surface area (Å²) >= 11 is 0. The highest BCUT2D eigenvalue weighted by molar-refractivity contribution is 6.12.